The summed E-state index contributed by atoms with van der Waals surface area (Å²) in [5, 5.41) is 10.5. The Hall–Kier alpha value is -2.77. The summed E-state index contributed by atoms with van der Waals surface area (Å²) in [6.45, 7) is 2.27. The molecule has 6 nitrogen and oxygen atoms in total. The Morgan fingerprint density at radius 3 is 2.67 bits per heavy atom. The van der Waals surface area contributed by atoms with Gasteiger partial charge in [-0.15, -0.1) is 5.10 Å². The molecule has 0 bridgehead atoms. The average molecular weight is 333 g/mol. The summed E-state index contributed by atoms with van der Waals surface area (Å²) < 4.78 is 26.7. The van der Waals surface area contributed by atoms with Crippen LogP contribution in [0.3, 0.4) is 0 Å². The molecule has 1 aliphatic heterocycles. The van der Waals surface area contributed by atoms with Crippen molar-refractivity contribution in [3.8, 4) is 0 Å². The summed E-state index contributed by atoms with van der Waals surface area (Å²) in [5.41, 5.74) is 0.126. The zero-order valence-corrected chi connectivity index (χ0v) is 13.0. The van der Waals surface area contributed by atoms with E-state index in [9.17, 15) is 13.6 Å². The lowest BCUT2D eigenvalue weighted by molar-refractivity contribution is 0.193. The number of nitrogens with one attached hydrogen (secondary N) is 1. The Balaban J connectivity index is 1.51. The van der Waals surface area contributed by atoms with Crippen LogP contribution < -0.4 is 10.2 Å². The van der Waals surface area contributed by atoms with Gasteiger partial charge in [-0.05, 0) is 30.3 Å². The predicted octanol–water partition coefficient (Wildman–Crippen LogP) is 1.79. The third kappa shape index (κ3) is 3.76. The topological polar surface area (TPSA) is 61.4 Å². The van der Waals surface area contributed by atoms with Gasteiger partial charge in [-0.25, -0.2) is 13.6 Å². The number of hydrogen-bond acceptors (Lipinski definition) is 4. The second-order valence-electron chi connectivity index (χ2n) is 5.45. The van der Waals surface area contributed by atoms with E-state index < -0.39 is 11.6 Å². The van der Waals surface area contributed by atoms with Gasteiger partial charge in [0, 0.05) is 44.5 Å². The summed E-state index contributed by atoms with van der Waals surface area (Å²) in [6, 6.07) is 6.58. The predicted molar refractivity (Wildman–Crippen MR) is 84.4 cm³/mol. The first kappa shape index (κ1) is 16.1. The molecule has 1 saturated heterocycles. The molecule has 0 unspecified atom stereocenters. The van der Waals surface area contributed by atoms with Gasteiger partial charge in [0.1, 0.15) is 11.6 Å². The van der Waals surface area contributed by atoms with Crippen molar-refractivity contribution in [3.63, 3.8) is 0 Å². The number of carbonyl (C=O) groups excluding carboxylic acids is 1. The van der Waals surface area contributed by atoms with Crippen molar-refractivity contribution < 1.29 is 13.6 Å². The maximum atomic E-state index is 13.6. The van der Waals surface area contributed by atoms with E-state index in [0.29, 0.717) is 26.2 Å². The molecule has 3 rings (SSSR count). The lowest BCUT2D eigenvalue weighted by Gasteiger charge is -2.35. The molecule has 24 heavy (non-hydrogen) atoms. The number of aromatic nitrogens is 2. The largest absolute Gasteiger partial charge is 0.352 e. The third-order valence-electron chi connectivity index (χ3n) is 3.89. The fraction of sp³-hybridized carbons (Fsp3) is 0.312. The molecule has 0 aliphatic carbocycles. The van der Waals surface area contributed by atoms with Crippen molar-refractivity contribution >= 4 is 11.8 Å². The summed E-state index contributed by atoms with van der Waals surface area (Å²) in [4.78, 5) is 15.9. The van der Waals surface area contributed by atoms with Crippen molar-refractivity contribution in [1.29, 1.82) is 0 Å². The maximum absolute atomic E-state index is 13.6. The van der Waals surface area contributed by atoms with E-state index in [4.69, 9.17) is 0 Å². The van der Waals surface area contributed by atoms with Crippen LogP contribution in [0.5, 0.6) is 0 Å². The zero-order valence-electron chi connectivity index (χ0n) is 13.0. The van der Waals surface area contributed by atoms with Crippen LogP contribution in [0.2, 0.25) is 0 Å². The van der Waals surface area contributed by atoms with Gasteiger partial charge in [-0.1, -0.05) is 0 Å². The average Bonchev–Trinajstić information content (AvgIpc) is 2.63. The molecule has 2 aromatic rings. The number of benzene rings is 1. The summed E-state index contributed by atoms with van der Waals surface area (Å²) >= 11 is 0. The van der Waals surface area contributed by atoms with Crippen molar-refractivity contribution in [2.45, 2.75) is 6.54 Å². The van der Waals surface area contributed by atoms with Crippen LogP contribution in [0.1, 0.15) is 5.56 Å². The first-order valence-corrected chi connectivity index (χ1v) is 7.63. The number of anilines is 1. The second-order valence-corrected chi connectivity index (χ2v) is 5.45. The number of nitrogens with zero attached hydrogens (tertiary/aromatic N) is 4. The fourth-order valence-corrected chi connectivity index (χ4v) is 2.56. The number of halogens is 2. The lowest BCUT2D eigenvalue weighted by atomic mass is 10.2. The molecular weight excluding hydrogens is 316 g/mol. The van der Waals surface area contributed by atoms with Crippen LogP contribution in [0.4, 0.5) is 19.4 Å². The Kier molecular flexibility index (Phi) is 4.83. The summed E-state index contributed by atoms with van der Waals surface area (Å²) in [5.74, 6) is -0.290. The minimum Gasteiger partial charge on any atom is -0.352 e. The van der Waals surface area contributed by atoms with Crippen LogP contribution in [0.15, 0.2) is 36.5 Å². The molecule has 126 valence electrons. The Morgan fingerprint density at radius 1 is 1.17 bits per heavy atom. The highest BCUT2D eigenvalue weighted by atomic mass is 19.1. The van der Waals surface area contributed by atoms with Crippen LogP contribution in [-0.4, -0.2) is 47.3 Å². The monoisotopic (exact) mass is 333 g/mol. The summed E-state index contributed by atoms with van der Waals surface area (Å²) in [7, 11) is 0. The van der Waals surface area contributed by atoms with Gasteiger partial charge in [0.25, 0.3) is 0 Å². The molecule has 2 heterocycles. The molecule has 1 aliphatic rings. The van der Waals surface area contributed by atoms with Crippen molar-refractivity contribution in [2.75, 3.05) is 31.1 Å². The van der Waals surface area contributed by atoms with Crippen molar-refractivity contribution in [3.05, 3.63) is 53.7 Å². The number of carbonyl (C=O) groups is 1. The van der Waals surface area contributed by atoms with Crippen molar-refractivity contribution in [1.82, 2.24) is 20.4 Å². The molecule has 1 fully saturated rings. The van der Waals surface area contributed by atoms with Gasteiger partial charge in [-0.3, -0.25) is 0 Å². The van der Waals surface area contributed by atoms with Crippen molar-refractivity contribution in [2.24, 2.45) is 0 Å². The first-order valence-electron chi connectivity index (χ1n) is 7.63. The van der Waals surface area contributed by atoms with E-state index in [0.717, 1.165) is 24.0 Å². The normalized spacial score (nSPS) is 14.6. The van der Waals surface area contributed by atoms with Crippen LogP contribution in [0.25, 0.3) is 0 Å². The van der Waals surface area contributed by atoms with Gasteiger partial charge in [-0.2, -0.15) is 5.10 Å². The Bertz CT molecular complexity index is 705. The minimum absolute atomic E-state index is 0.0488. The van der Waals surface area contributed by atoms with E-state index in [1.54, 1.807) is 11.1 Å². The van der Waals surface area contributed by atoms with Gasteiger partial charge >= 0.3 is 6.03 Å². The Morgan fingerprint density at radius 2 is 1.96 bits per heavy atom. The van der Waals surface area contributed by atoms with Gasteiger partial charge in [0.15, 0.2) is 5.82 Å². The number of urea groups is 1. The van der Waals surface area contributed by atoms with Crippen LogP contribution >= 0.6 is 0 Å². The number of amides is 2. The number of piperazine rings is 1. The van der Waals surface area contributed by atoms with E-state index in [2.05, 4.69) is 15.5 Å². The van der Waals surface area contributed by atoms with E-state index >= 15 is 0 Å². The van der Waals surface area contributed by atoms with E-state index in [1.807, 2.05) is 17.0 Å². The highest BCUT2D eigenvalue weighted by Gasteiger charge is 2.22. The molecule has 2 amide bonds. The SMILES string of the molecule is O=C(NCc1cc(F)ccc1F)N1CCN(c2cccnn2)CC1. The van der Waals surface area contributed by atoms with Gasteiger partial charge < -0.3 is 15.1 Å². The first-order chi connectivity index (χ1) is 11.6. The minimum atomic E-state index is -0.538. The summed E-state index contributed by atoms with van der Waals surface area (Å²) in [6.07, 6.45) is 1.61. The highest BCUT2D eigenvalue weighted by molar-refractivity contribution is 5.74. The van der Waals surface area contributed by atoms with E-state index in [-0.39, 0.29) is 18.1 Å². The van der Waals surface area contributed by atoms with E-state index in [1.165, 1.54) is 0 Å². The molecule has 1 N–H and O–H groups in total. The zero-order chi connectivity index (χ0) is 16.9. The number of rotatable bonds is 3. The van der Waals surface area contributed by atoms with Gasteiger partial charge in [0.05, 0.1) is 0 Å². The molecule has 0 saturated carbocycles. The molecule has 0 spiro atoms. The molecule has 1 aromatic heterocycles. The third-order valence-corrected chi connectivity index (χ3v) is 3.89. The Labute approximate surface area is 138 Å². The molecule has 0 radical (unpaired) electrons. The maximum Gasteiger partial charge on any atom is 0.317 e. The smallest absolute Gasteiger partial charge is 0.317 e. The number of hydrogen-bond donors (Lipinski definition) is 1. The fourth-order valence-electron chi connectivity index (χ4n) is 2.56. The quantitative estimate of drug-likeness (QED) is 0.930. The van der Waals surface area contributed by atoms with Crippen LogP contribution in [-0.2, 0) is 6.54 Å². The second kappa shape index (κ2) is 7.20. The highest BCUT2D eigenvalue weighted by Crippen LogP contribution is 2.12. The molecule has 0 atom stereocenters. The van der Waals surface area contributed by atoms with Gasteiger partial charge in [0.2, 0.25) is 0 Å². The standard InChI is InChI=1S/C16H17F2N5O/c17-13-3-4-14(18)12(10-13)11-19-16(24)23-8-6-22(7-9-23)15-2-1-5-20-21-15/h1-5,10H,6-9,11H2,(H,19,24). The van der Waals surface area contributed by atoms with Crippen LogP contribution in [0, 0.1) is 11.6 Å². The molecular formula is C16H17F2N5O. The lowest BCUT2D eigenvalue weighted by Crippen LogP contribution is -2.52. The molecule has 1 aromatic carbocycles. The molecule has 8 heteroatoms.